The summed E-state index contributed by atoms with van der Waals surface area (Å²) in [5.74, 6) is 3.43. The van der Waals surface area contributed by atoms with Crippen molar-refractivity contribution in [2.45, 2.75) is 102 Å². The van der Waals surface area contributed by atoms with Crippen molar-refractivity contribution < 1.29 is 10.1 Å². The van der Waals surface area contributed by atoms with Gasteiger partial charge in [0, 0.05) is 39.5 Å². The van der Waals surface area contributed by atoms with Crippen molar-refractivity contribution in [1.82, 2.24) is 0 Å². The molecule has 0 bridgehead atoms. The standard InChI is InChI=1S/C55H58N2O/c1-37-21-23-43(24-22-37)52-38(2)53(57-54(56-52)45-13-5-3-6-14-45)44-31-29-41(30-32-44)39-25-27-40(28-26-39)42-33-35-47(36-34-42)55(46-15-7-4-8-16-46)48-17-9-11-19-50(48)58-51-20-12-10-18-49(51)55/h3,5-7,9,11,13-21,23-28,31,33,35,37,41-42,47-48,50,54,57H,4,8,10,12,22,29-30,32,34,36H2,1-2H3/p+1. The molecule has 6 aliphatic carbocycles. The Morgan fingerprint density at radius 2 is 1.55 bits per heavy atom. The van der Waals surface area contributed by atoms with Crippen molar-refractivity contribution >= 4 is 5.71 Å². The topological polar surface area (TPSA) is 38.2 Å². The molecule has 1 saturated heterocycles. The van der Waals surface area contributed by atoms with Gasteiger partial charge in [-0.05, 0) is 123 Å². The van der Waals surface area contributed by atoms with Gasteiger partial charge in [-0.15, -0.1) is 0 Å². The zero-order valence-electron chi connectivity index (χ0n) is 34.4. The largest absolute Gasteiger partial charge is 0.486 e. The summed E-state index contributed by atoms with van der Waals surface area (Å²) in [5.41, 5.74) is 13.7. The van der Waals surface area contributed by atoms with Crippen LogP contribution < -0.4 is 5.32 Å². The Labute approximate surface area is 346 Å². The maximum absolute atomic E-state index is 6.74. The van der Waals surface area contributed by atoms with Crippen LogP contribution in [0.25, 0.3) is 0 Å². The maximum Gasteiger partial charge on any atom is 0.211 e. The molecule has 0 amide bonds. The van der Waals surface area contributed by atoms with E-state index in [1.54, 1.807) is 0 Å². The molecular formula is C55H59N2O+. The summed E-state index contributed by atoms with van der Waals surface area (Å²) in [5, 5.41) is 2.43. The fourth-order valence-corrected chi connectivity index (χ4v) is 11.4. The van der Waals surface area contributed by atoms with Gasteiger partial charge in [0.25, 0.3) is 0 Å². The van der Waals surface area contributed by atoms with Gasteiger partial charge in [-0.1, -0.05) is 141 Å². The number of nitrogens with two attached hydrogens (primary N) is 1. The summed E-state index contributed by atoms with van der Waals surface area (Å²) in [7, 11) is 0. The third-order valence-corrected chi connectivity index (χ3v) is 14.5. The zero-order valence-corrected chi connectivity index (χ0v) is 34.4. The van der Waals surface area contributed by atoms with E-state index in [0.717, 1.165) is 50.7 Å². The molecule has 0 aromatic heterocycles. The van der Waals surface area contributed by atoms with E-state index in [2.05, 4.69) is 165 Å². The van der Waals surface area contributed by atoms with Gasteiger partial charge in [0.2, 0.25) is 6.17 Å². The highest BCUT2D eigenvalue weighted by Gasteiger charge is 2.56. The average Bonchev–Trinajstić information content (AvgIpc) is 3.29. The van der Waals surface area contributed by atoms with Crippen molar-refractivity contribution in [2.75, 3.05) is 0 Å². The summed E-state index contributed by atoms with van der Waals surface area (Å²) in [4.78, 5) is 5.35. The second kappa shape index (κ2) is 16.0. The highest BCUT2D eigenvalue weighted by atomic mass is 16.5. The summed E-state index contributed by atoms with van der Waals surface area (Å²) in [6.45, 7) is 4.58. The van der Waals surface area contributed by atoms with E-state index in [9.17, 15) is 0 Å². The number of hydrogen-bond donors (Lipinski definition) is 1. The van der Waals surface area contributed by atoms with Crippen molar-refractivity contribution in [2.24, 2.45) is 28.2 Å². The molecule has 3 heteroatoms. The lowest BCUT2D eigenvalue weighted by Crippen LogP contribution is -2.84. The first-order valence-corrected chi connectivity index (χ1v) is 22.4. The molecule has 2 aliphatic heterocycles. The highest BCUT2D eigenvalue weighted by molar-refractivity contribution is 6.14. The molecule has 1 fully saturated rings. The monoisotopic (exact) mass is 763 g/mol. The van der Waals surface area contributed by atoms with Gasteiger partial charge in [-0.3, -0.25) is 5.32 Å². The molecular weight excluding hydrogens is 705 g/mol. The van der Waals surface area contributed by atoms with Crippen molar-refractivity contribution in [3.8, 4) is 0 Å². The van der Waals surface area contributed by atoms with Crippen LogP contribution in [0.2, 0.25) is 0 Å². The molecule has 8 unspecified atom stereocenters. The van der Waals surface area contributed by atoms with Crippen molar-refractivity contribution in [3.63, 3.8) is 0 Å². The molecule has 2 heterocycles. The number of benzene rings is 2. The normalized spacial score (nSPS) is 32.8. The highest BCUT2D eigenvalue weighted by Crippen LogP contribution is 2.61. The maximum atomic E-state index is 6.74. The Morgan fingerprint density at radius 3 is 2.31 bits per heavy atom. The Bertz CT molecular complexity index is 2300. The first kappa shape index (κ1) is 37.3. The molecule has 294 valence electrons. The minimum absolute atomic E-state index is 0.0408. The van der Waals surface area contributed by atoms with Gasteiger partial charge in [-0.2, -0.15) is 0 Å². The lowest BCUT2D eigenvalue weighted by Gasteiger charge is -2.55. The summed E-state index contributed by atoms with van der Waals surface area (Å²) < 4.78 is 6.74. The number of nitrogens with zero attached hydrogens (tertiary/aromatic N) is 1. The Kier molecular flexibility index (Phi) is 10.3. The van der Waals surface area contributed by atoms with Crippen LogP contribution in [0, 0.1) is 23.2 Å². The van der Waals surface area contributed by atoms with E-state index >= 15 is 0 Å². The number of rotatable bonds is 7. The number of ether oxygens (including phenoxy) is 1. The SMILES string of the molecule is CC1=C(C2=CCC(c3ccc(C4C=CC(C5(C6=CCCC=C6)C6=CCCC=C6OC6C=CC=CC65)CC4)cc3)CC2)[NH2+]C(c2ccccc2)N=C1C1=CCC(C)C=C1. The van der Waals surface area contributed by atoms with Gasteiger partial charge >= 0.3 is 0 Å². The third-order valence-electron chi connectivity index (χ3n) is 14.5. The van der Waals surface area contributed by atoms with E-state index in [1.807, 2.05) is 0 Å². The fraction of sp³-hybridized carbons (Fsp3) is 0.364. The van der Waals surface area contributed by atoms with E-state index < -0.39 is 0 Å². The molecule has 8 atom stereocenters. The third kappa shape index (κ3) is 6.80. The quantitative estimate of drug-likeness (QED) is 0.280. The molecule has 2 aromatic rings. The van der Waals surface area contributed by atoms with Crippen molar-refractivity contribution in [1.29, 1.82) is 0 Å². The number of fused-ring (bicyclic) bond motifs is 2. The second-order valence-electron chi connectivity index (χ2n) is 18.0. The average molecular weight is 764 g/mol. The molecule has 58 heavy (non-hydrogen) atoms. The van der Waals surface area contributed by atoms with Crippen LogP contribution in [0.3, 0.4) is 0 Å². The first-order chi connectivity index (χ1) is 28.6. The second-order valence-corrected chi connectivity index (χ2v) is 18.0. The molecule has 3 nitrogen and oxygen atoms in total. The number of hydrogen-bond acceptors (Lipinski definition) is 2. The van der Waals surface area contributed by atoms with E-state index in [4.69, 9.17) is 9.73 Å². The van der Waals surface area contributed by atoms with Gasteiger partial charge in [0.15, 0.2) is 0 Å². The minimum Gasteiger partial charge on any atom is -0.486 e. The van der Waals surface area contributed by atoms with Crippen molar-refractivity contribution in [3.05, 3.63) is 202 Å². The van der Waals surface area contributed by atoms with Crippen LogP contribution in [-0.2, 0) is 4.74 Å². The molecule has 8 aliphatic rings. The predicted octanol–water partition coefficient (Wildman–Crippen LogP) is 12.5. The van der Waals surface area contributed by atoms with Gasteiger partial charge < -0.3 is 4.74 Å². The minimum atomic E-state index is -0.101. The lowest BCUT2D eigenvalue weighted by atomic mass is 9.51. The first-order valence-electron chi connectivity index (χ1n) is 22.4. The molecule has 0 radical (unpaired) electrons. The van der Waals surface area contributed by atoms with Gasteiger partial charge in [-0.25, -0.2) is 4.99 Å². The molecule has 0 saturated carbocycles. The Balaban J connectivity index is 0.870. The van der Waals surface area contributed by atoms with Gasteiger partial charge in [0.05, 0.1) is 5.71 Å². The molecule has 2 aromatic carbocycles. The fourth-order valence-electron chi connectivity index (χ4n) is 11.4. The number of quaternary nitrogens is 1. The summed E-state index contributed by atoms with van der Waals surface area (Å²) in [6, 6.07) is 20.6. The molecule has 2 N–H and O–H groups in total. The zero-order chi connectivity index (χ0) is 39.1. The van der Waals surface area contributed by atoms with Crippen LogP contribution in [0.4, 0.5) is 0 Å². The van der Waals surface area contributed by atoms with Crippen LogP contribution >= 0.6 is 0 Å². The number of aliphatic imine (C=N–C) groups is 1. The Morgan fingerprint density at radius 1 is 0.724 bits per heavy atom. The summed E-state index contributed by atoms with van der Waals surface area (Å²) >= 11 is 0. The predicted molar refractivity (Wildman–Crippen MR) is 239 cm³/mol. The van der Waals surface area contributed by atoms with Crippen LogP contribution in [-0.4, -0.2) is 11.8 Å². The molecule has 10 rings (SSSR count). The van der Waals surface area contributed by atoms with E-state index in [0.29, 0.717) is 23.7 Å². The smallest absolute Gasteiger partial charge is 0.211 e. The van der Waals surface area contributed by atoms with E-state index in [-0.39, 0.29) is 23.6 Å². The summed E-state index contributed by atoms with van der Waals surface area (Å²) in [6.07, 6.45) is 47.6. The van der Waals surface area contributed by atoms with Gasteiger partial charge in [0.1, 0.15) is 17.6 Å². The lowest BCUT2D eigenvalue weighted by molar-refractivity contribution is -0.648. The van der Waals surface area contributed by atoms with E-state index in [1.165, 1.54) is 75.2 Å². The van der Waals surface area contributed by atoms with Crippen LogP contribution in [0.15, 0.2) is 190 Å². The van der Waals surface area contributed by atoms with Crippen LogP contribution in [0.1, 0.15) is 113 Å². The number of allylic oxidation sites excluding steroid dienone is 18. The van der Waals surface area contributed by atoms with Crippen LogP contribution in [0.5, 0.6) is 0 Å². The molecule has 0 spiro atoms. The Hall–Kier alpha value is -4.99.